The van der Waals surface area contributed by atoms with Crippen LogP contribution in [-0.4, -0.2) is 36.6 Å². The van der Waals surface area contributed by atoms with Crippen LogP contribution < -0.4 is 5.73 Å². The molecule has 1 amide bonds. The molecule has 4 nitrogen and oxygen atoms in total. The minimum atomic E-state index is 0.0831. The number of likely N-dealkylation sites (tertiary alicyclic amines) is 1. The van der Waals surface area contributed by atoms with Crippen molar-refractivity contribution in [3.63, 3.8) is 0 Å². The van der Waals surface area contributed by atoms with Crippen LogP contribution in [-0.2, 0) is 4.74 Å². The van der Waals surface area contributed by atoms with E-state index in [2.05, 4.69) is 0 Å². The van der Waals surface area contributed by atoms with Gasteiger partial charge in [-0.15, -0.1) is 0 Å². The van der Waals surface area contributed by atoms with E-state index in [1.54, 1.807) is 0 Å². The van der Waals surface area contributed by atoms with Gasteiger partial charge in [0.05, 0.1) is 6.10 Å². The van der Waals surface area contributed by atoms with Gasteiger partial charge in [0, 0.05) is 30.9 Å². The van der Waals surface area contributed by atoms with Gasteiger partial charge in [0.25, 0.3) is 5.91 Å². The molecule has 2 N–H and O–H groups in total. The first-order valence-electron chi connectivity index (χ1n) is 6.89. The number of benzene rings is 1. The number of ether oxygens (including phenoxy) is 1. The number of piperidine rings is 1. The summed E-state index contributed by atoms with van der Waals surface area (Å²) in [6, 6.07) is 5.51. The van der Waals surface area contributed by atoms with Crippen LogP contribution in [0.2, 0.25) is 0 Å². The van der Waals surface area contributed by atoms with Gasteiger partial charge in [-0.1, -0.05) is 6.07 Å². The summed E-state index contributed by atoms with van der Waals surface area (Å²) in [4.78, 5) is 14.4. The van der Waals surface area contributed by atoms with E-state index in [0.29, 0.717) is 11.8 Å². The van der Waals surface area contributed by atoms with Crippen molar-refractivity contribution in [3.05, 3.63) is 29.3 Å². The summed E-state index contributed by atoms with van der Waals surface area (Å²) in [5.74, 6) is 0.0831. The molecule has 1 aliphatic rings. The molecule has 0 unspecified atom stereocenters. The molecule has 0 radical (unpaired) electrons. The maximum Gasteiger partial charge on any atom is 0.254 e. The maximum absolute atomic E-state index is 12.5. The number of hydrogen-bond donors (Lipinski definition) is 1. The molecule has 1 aromatic rings. The number of nitrogens with zero attached hydrogens (tertiary/aromatic N) is 1. The fourth-order valence-electron chi connectivity index (χ4n) is 2.52. The normalized spacial score (nSPS) is 16.6. The number of rotatable bonds is 3. The first-order chi connectivity index (χ1) is 9.13. The van der Waals surface area contributed by atoms with Crippen molar-refractivity contribution in [2.75, 3.05) is 25.4 Å². The molecule has 0 atom stereocenters. The molecule has 0 saturated carbocycles. The van der Waals surface area contributed by atoms with Crippen LogP contribution in [0.3, 0.4) is 0 Å². The Kier molecular flexibility index (Phi) is 4.43. The zero-order valence-electron chi connectivity index (χ0n) is 11.7. The Hall–Kier alpha value is -1.55. The van der Waals surface area contributed by atoms with Crippen molar-refractivity contribution in [2.45, 2.75) is 32.8 Å². The van der Waals surface area contributed by atoms with Gasteiger partial charge >= 0.3 is 0 Å². The lowest BCUT2D eigenvalue weighted by Crippen LogP contribution is -2.41. The molecule has 1 aliphatic heterocycles. The molecule has 1 fully saturated rings. The molecule has 0 aromatic heterocycles. The second kappa shape index (κ2) is 6.06. The third-order valence-corrected chi connectivity index (χ3v) is 3.74. The molecule has 1 saturated heterocycles. The first-order valence-corrected chi connectivity index (χ1v) is 6.89. The molecule has 0 spiro atoms. The van der Waals surface area contributed by atoms with Gasteiger partial charge in [0.1, 0.15) is 0 Å². The Morgan fingerprint density at radius 3 is 2.74 bits per heavy atom. The van der Waals surface area contributed by atoms with E-state index < -0.39 is 0 Å². The highest BCUT2D eigenvalue weighted by molar-refractivity contribution is 5.96. The van der Waals surface area contributed by atoms with E-state index in [1.165, 1.54) is 0 Å². The summed E-state index contributed by atoms with van der Waals surface area (Å²) in [5, 5.41) is 0. The lowest BCUT2D eigenvalue weighted by atomic mass is 10.0. The maximum atomic E-state index is 12.5. The van der Waals surface area contributed by atoms with Gasteiger partial charge in [0.2, 0.25) is 0 Å². The molecular formula is C15H22N2O2. The number of nitrogens with two attached hydrogens (primary N) is 1. The second-order valence-corrected chi connectivity index (χ2v) is 4.97. The fraction of sp³-hybridized carbons (Fsp3) is 0.533. The van der Waals surface area contributed by atoms with Crippen LogP contribution in [0, 0.1) is 6.92 Å². The van der Waals surface area contributed by atoms with Gasteiger partial charge in [0.15, 0.2) is 0 Å². The van der Waals surface area contributed by atoms with Crippen LogP contribution >= 0.6 is 0 Å². The topological polar surface area (TPSA) is 55.6 Å². The minimum Gasteiger partial charge on any atom is -0.398 e. The largest absolute Gasteiger partial charge is 0.398 e. The van der Waals surface area contributed by atoms with Crippen molar-refractivity contribution < 1.29 is 9.53 Å². The van der Waals surface area contributed by atoms with E-state index >= 15 is 0 Å². The highest BCUT2D eigenvalue weighted by atomic mass is 16.5. The summed E-state index contributed by atoms with van der Waals surface area (Å²) in [7, 11) is 0. The van der Waals surface area contributed by atoms with Gasteiger partial charge in [-0.05, 0) is 44.4 Å². The highest BCUT2D eigenvalue weighted by Gasteiger charge is 2.24. The average Bonchev–Trinajstić information content (AvgIpc) is 2.42. The van der Waals surface area contributed by atoms with Crippen molar-refractivity contribution in [3.8, 4) is 0 Å². The third kappa shape index (κ3) is 3.07. The zero-order valence-corrected chi connectivity index (χ0v) is 11.7. The quantitative estimate of drug-likeness (QED) is 0.850. The SMILES string of the molecule is CCOC1CCN(C(=O)c2cccc(N)c2C)CC1. The molecule has 1 heterocycles. The molecule has 4 heteroatoms. The van der Waals surface area contributed by atoms with Crippen molar-refractivity contribution in [2.24, 2.45) is 0 Å². The molecule has 0 bridgehead atoms. The van der Waals surface area contributed by atoms with E-state index in [9.17, 15) is 4.79 Å². The van der Waals surface area contributed by atoms with Crippen molar-refractivity contribution in [1.29, 1.82) is 0 Å². The Morgan fingerprint density at radius 2 is 2.11 bits per heavy atom. The Labute approximate surface area is 114 Å². The number of carbonyl (C=O) groups is 1. The van der Waals surface area contributed by atoms with Crippen LogP contribution in [0.4, 0.5) is 5.69 Å². The number of carbonyl (C=O) groups excluding carboxylic acids is 1. The standard InChI is InChI=1S/C15H22N2O2/c1-3-19-12-7-9-17(10-8-12)15(18)13-5-4-6-14(16)11(13)2/h4-6,12H,3,7-10,16H2,1-2H3. The summed E-state index contributed by atoms with van der Waals surface area (Å²) in [5.41, 5.74) is 8.13. The predicted octanol–water partition coefficient (Wildman–Crippen LogP) is 2.22. The number of amides is 1. The van der Waals surface area contributed by atoms with Crippen molar-refractivity contribution in [1.82, 2.24) is 4.90 Å². The predicted molar refractivity (Wildman–Crippen MR) is 76.1 cm³/mol. The molecule has 2 rings (SSSR count). The zero-order chi connectivity index (χ0) is 13.8. The van der Waals surface area contributed by atoms with Gasteiger partial charge in [-0.25, -0.2) is 0 Å². The summed E-state index contributed by atoms with van der Waals surface area (Å²) >= 11 is 0. The van der Waals surface area contributed by atoms with E-state index in [1.807, 2.05) is 36.9 Å². The summed E-state index contributed by atoms with van der Waals surface area (Å²) in [6.45, 7) is 6.17. The number of anilines is 1. The Morgan fingerprint density at radius 1 is 1.42 bits per heavy atom. The smallest absolute Gasteiger partial charge is 0.254 e. The Bertz CT molecular complexity index is 451. The Balaban J connectivity index is 2.03. The third-order valence-electron chi connectivity index (χ3n) is 3.74. The monoisotopic (exact) mass is 262 g/mol. The lowest BCUT2D eigenvalue weighted by Gasteiger charge is -2.32. The van der Waals surface area contributed by atoms with Crippen LogP contribution in [0.1, 0.15) is 35.7 Å². The van der Waals surface area contributed by atoms with E-state index in [4.69, 9.17) is 10.5 Å². The van der Waals surface area contributed by atoms with Gasteiger partial charge in [-0.3, -0.25) is 4.79 Å². The second-order valence-electron chi connectivity index (χ2n) is 4.97. The summed E-state index contributed by atoms with van der Waals surface area (Å²) < 4.78 is 5.60. The molecule has 1 aromatic carbocycles. The lowest BCUT2D eigenvalue weighted by molar-refractivity contribution is 0.0146. The minimum absolute atomic E-state index is 0.0831. The van der Waals surface area contributed by atoms with E-state index in [-0.39, 0.29) is 5.91 Å². The van der Waals surface area contributed by atoms with Crippen molar-refractivity contribution >= 4 is 11.6 Å². The number of hydrogen-bond acceptors (Lipinski definition) is 3. The van der Waals surface area contributed by atoms with Crippen LogP contribution in [0.15, 0.2) is 18.2 Å². The first kappa shape index (κ1) is 13.9. The molecular weight excluding hydrogens is 240 g/mol. The van der Waals surface area contributed by atoms with Gasteiger partial charge in [-0.2, -0.15) is 0 Å². The molecule has 104 valence electrons. The van der Waals surface area contributed by atoms with Crippen LogP contribution in [0.25, 0.3) is 0 Å². The fourth-order valence-corrected chi connectivity index (χ4v) is 2.52. The van der Waals surface area contributed by atoms with E-state index in [0.717, 1.165) is 43.7 Å². The number of nitrogen functional groups attached to an aromatic ring is 1. The van der Waals surface area contributed by atoms with Gasteiger partial charge < -0.3 is 15.4 Å². The average molecular weight is 262 g/mol. The highest BCUT2D eigenvalue weighted by Crippen LogP contribution is 2.20. The van der Waals surface area contributed by atoms with Crippen LogP contribution in [0.5, 0.6) is 0 Å². The molecule has 19 heavy (non-hydrogen) atoms. The summed E-state index contributed by atoms with van der Waals surface area (Å²) in [6.07, 6.45) is 2.14. The molecule has 0 aliphatic carbocycles.